The Balaban J connectivity index is 2.08. The minimum Gasteiger partial charge on any atom is -0.392 e. The first kappa shape index (κ1) is 19.6. The topological polar surface area (TPSA) is 18.5 Å². The van der Waals surface area contributed by atoms with E-state index in [-0.39, 0.29) is 6.10 Å². The molecular weight excluding hydrogens is 348 g/mol. The van der Waals surface area contributed by atoms with Crippen LogP contribution in [0.1, 0.15) is 32.6 Å². The summed E-state index contributed by atoms with van der Waals surface area (Å²) in [5, 5.41) is 2.37. The predicted molar refractivity (Wildman–Crippen MR) is 115 cm³/mol. The monoisotopic (exact) mass is 376 g/mol. The van der Waals surface area contributed by atoms with Gasteiger partial charge in [0.1, 0.15) is 6.61 Å². The Hall–Kier alpha value is -2.12. The molecule has 140 valence electrons. The Morgan fingerprint density at radius 3 is 2.11 bits per heavy atom. The van der Waals surface area contributed by atoms with Gasteiger partial charge in [0.2, 0.25) is 0 Å². The highest BCUT2D eigenvalue weighted by Crippen LogP contribution is 2.24. The summed E-state index contributed by atoms with van der Waals surface area (Å²) in [5.74, 6) is 3.23. The molecule has 3 heteroatoms. The molecule has 1 atom stereocenters. The van der Waals surface area contributed by atoms with Crippen molar-refractivity contribution in [3.63, 3.8) is 0 Å². The maximum Gasteiger partial charge on any atom is 0.337 e. The average molecular weight is 377 g/mol. The van der Waals surface area contributed by atoms with Gasteiger partial charge in [0.25, 0.3) is 0 Å². The molecule has 0 fully saturated rings. The fourth-order valence-electron chi connectivity index (χ4n) is 3.63. The molecule has 3 rings (SSSR count). The van der Waals surface area contributed by atoms with E-state index in [0.29, 0.717) is 6.61 Å². The minimum atomic E-state index is -2.71. The van der Waals surface area contributed by atoms with Gasteiger partial charge in [-0.05, 0) is 48.6 Å². The highest BCUT2D eigenvalue weighted by molar-refractivity contribution is 7.03. The third-order valence-corrected chi connectivity index (χ3v) is 8.57. The number of benzene rings is 2. The summed E-state index contributed by atoms with van der Waals surface area (Å²) < 4.78 is 12.1. The molecule has 2 aromatic carbocycles. The fraction of sp³-hybridized carbons (Fsp3) is 0.333. The van der Waals surface area contributed by atoms with Crippen LogP contribution in [0.2, 0.25) is 0 Å². The lowest BCUT2D eigenvalue weighted by atomic mass is 9.96. The molecule has 0 aromatic heterocycles. The zero-order valence-corrected chi connectivity index (χ0v) is 17.3. The van der Waals surface area contributed by atoms with Gasteiger partial charge in [0.15, 0.2) is 0 Å². The van der Waals surface area contributed by atoms with Gasteiger partial charge in [-0.15, -0.1) is 0 Å². The Kier molecular flexibility index (Phi) is 7.06. The molecule has 27 heavy (non-hydrogen) atoms. The average Bonchev–Trinajstić information content (AvgIpc) is 2.75. The number of rotatable bonds is 6. The van der Waals surface area contributed by atoms with Crippen molar-refractivity contribution in [3.8, 4) is 11.5 Å². The number of hydrogen-bond acceptors (Lipinski definition) is 2. The number of methoxy groups -OCH3 is 1. The molecule has 1 aliphatic rings. The van der Waals surface area contributed by atoms with Crippen LogP contribution in [0.3, 0.4) is 0 Å². The first-order valence-electron chi connectivity index (χ1n) is 9.73. The normalized spacial score (nSPS) is 15.4. The van der Waals surface area contributed by atoms with Crippen molar-refractivity contribution >= 4 is 18.7 Å². The molecule has 1 unspecified atom stereocenters. The maximum atomic E-state index is 6.94. The third kappa shape index (κ3) is 4.78. The van der Waals surface area contributed by atoms with Crippen LogP contribution < -0.4 is 10.4 Å². The molecule has 0 heterocycles. The van der Waals surface area contributed by atoms with Crippen LogP contribution in [0, 0.1) is 11.5 Å². The highest BCUT2D eigenvalue weighted by atomic mass is 28.4. The summed E-state index contributed by atoms with van der Waals surface area (Å²) in [6.07, 6.45) is 7.24. The van der Waals surface area contributed by atoms with Crippen molar-refractivity contribution < 1.29 is 9.16 Å². The molecule has 0 saturated carbocycles. The molecule has 2 aromatic rings. The molecule has 0 radical (unpaired) electrons. The second-order valence-electron chi connectivity index (χ2n) is 6.93. The predicted octanol–water partition coefficient (Wildman–Crippen LogP) is 3.84. The van der Waals surface area contributed by atoms with E-state index >= 15 is 0 Å². The van der Waals surface area contributed by atoms with Crippen LogP contribution >= 0.6 is 0 Å². The van der Waals surface area contributed by atoms with Crippen LogP contribution in [0.5, 0.6) is 0 Å². The molecular formula is C24H28O2Si. The van der Waals surface area contributed by atoms with Crippen molar-refractivity contribution in [2.24, 2.45) is 0 Å². The first-order chi connectivity index (χ1) is 13.3. The lowest BCUT2D eigenvalue weighted by Crippen LogP contribution is -2.61. The second kappa shape index (κ2) is 9.71. The standard InChI is InChI=1S/C24H28O2Si/c1-21(22-13-6-3-7-14-22)26-27(20-12-19-25-2,23-15-8-4-9-16-23)24-17-10-5-11-18-24/h4-5,8-11,13,15-18,21H,3,6-7,14,19H2,1-2H3. The SMILES string of the molecule is COCC#C[Si](OC(C)C1=CCCCC1)(c1ccccc1)c1ccccc1. The van der Waals surface area contributed by atoms with E-state index in [1.54, 1.807) is 7.11 Å². The van der Waals surface area contributed by atoms with E-state index in [0.717, 1.165) is 12.8 Å². The quantitative estimate of drug-likeness (QED) is 0.433. The van der Waals surface area contributed by atoms with Gasteiger partial charge in [-0.1, -0.05) is 78.2 Å². The van der Waals surface area contributed by atoms with Gasteiger partial charge in [0, 0.05) is 7.11 Å². The van der Waals surface area contributed by atoms with Crippen LogP contribution in [-0.4, -0.2) is 28.1 Å². The Morgan fingerprint density at radius 1 is 0.963 bits per heavy atom. The van der Waals surface area contributed by atoms with Crippen molar-refractivity contribution in [2.45, 2.75) is 38.7 Å². The van der Waals surface area contributed by atoms with Gasteiger partial charge in [-0.3, -0.25) is 0 Å². The second-order valence-corrected chi connectivity index (χ2v) is 9.94. The molecule has 0 N–H and O–H groups in total. The summed E-state index contributed by atoms with van der Waals surface area (Å²) in [7, 11) is -1.03. The molecule has 0 saturated heterocycles. The Labute approximate surface area is 164 Å². The largest absolute Gasteiger partial charge is 0.392 e. The third-order valence-electron chi connectivity index (χ3n) is 5.04. The lowest BCUT2D eigenvalue weighted by molar-refractivity contribution is 0.239. The summed E-state index contributed by atoms with van der Waals surface area (Å²) in [6.45, 7) is 2.59. The highest BCUT2D eigenvalue weighted by Gasteiger charge is 2.40. The zero-order valence-electron chi connectivity index (χ0n) is 16.3. The van der Waals surface area contributed by atoms with Gasteiger partial charge in [-0.2, -0.15) is 0 Å². The number of ether oxygens (including phenoxy) is 1. The summed E-state index contributed by atoms with van der Waals surface area (Å²) in [4.78, 5) is 0. The van der Waals surface area contributed by atoms with Gasteiger partial charge < -0.3 is 9.16 Å². The van der Waals surface area contributed by atoms with Crippen LogP contribution in [0.4, 0.5) is 0 Å². The molecule has 1 aliphatic carbocycles. The van der Waals surface area contributed by atoms with Crippen molar-refractivity contribution in [1.82, 2.24) is 0 Å². The summed E-state index contributed by atoms with van der Waals surface area (Å²) in [5.41, 5.74) is 4.97. The van der Waals surface area contributed by atoms with E-state index in [9.17, 15) is 0 Å². The number of hydrogen-bond donors (Lipinski definition) is 0. The Morgan fingerprint density at radius 2 is 1.59 bits per heavy atom. The van der Waals surface area contributed by atoms with E-state index < -0.39 is 8.32 Å². The van der Waals surface area contributed by atoms with E-state index in [1.165, 1.54) is 28.8 Å². The van der Waals surface area contributed by atoms with Crippen molar-refractivity contribution in [3.05, 3.63) is 72.3 Å². The van der Waals surface area contributed by atoms with Crippen LogP contribution in [-0.2, 0) is 9.16 Å². The Bertz CT molecular complexity index is 763. The van der Waals surface area contributed by atoms with Gasteiger partial charge in [0.05, 0.1) is 6.10 Å². The lowest BCUT2D eigenvalue weighted by Gasteiger charge is -2.32. The van der Waals surface area contributed by atoms with E-state index in [1.807, 2.05) is 12.1 Å². The molecule has 0 amide bonds. The van der Waals surface area contributed by atoms with Crippen LogP contribution in [0.15, 0.2) is 72.3 Å². The first-order valence-corrected chi connectivity index (χ1v) is 11.6. The van der Waals surface area contributed by atoms with E-state index in [4.69, 9.17) is 9.16 Å². The molecule has 0 spiro atoms. The summed E-state index contributed by atoms with van der Waals surface area (Å²) in [6, 6.07) is 21.0. The van der Waals surface area contributed by atoms with Crippen LogP contribution in [0.25, 0.3) is 0 Å². The van der Waals surface area contributed by atoms with Crippen molar-refractivity contribution in [2.75, 3.05) is 13.7 Å². The minimum absolute atomic E-state index is 0.0641. The van der Waals surface area contributed by atoms with Crippen molar-refractivity contribution in [1.29, 1.82) is 0 Å². The molecule has 2 nitrogen and oxygen atoms in total. The summed E-state index contributed by atoms with van der Waals surface area (Å²) >= 11 is 0. The zero-order chi connectivity index (χ0) is 19.0. The molecule has 0 bridgehead atoms. The van der Waals surface area contributed by atoms with E-state index in [2.05, 4.69) is 73.0 Å². The van der Waals surface area contributed by atoms with Gasteiger partial charge >= 0.3 is 8.32 Å². The fourth-order valence-corrected chi connectivity index (χ4v) is 6.91. The van der Waals surface area contributed by atoms with Gasteiger partial charge in [-0.25, -0.2) is 0 Å². The smallest absolute Gasteiger partial charge is 0.337 e. The maximum absolute atomic E-state index is 6.94. The number of allylic oxidation sites excluding steroid dienone is 1. The molecule has 0 aliphatic heterocycles.